The monoisotopic (exact) mass is 392 g/mol. The van der Waals surface area contributed by atoms with Gasteiger partial charge in [0.05, 0.1) is 10.3 Å². The Labute approximate surface area is 163 Å². The van der Waals surface area contributed by atoms with Gasteiger partial charge in [-0.3, -0.25) is 4.79 Å². The summed E-state index contributed by atoms with van der Waals surface area (Å²) < 4.78 is 1.89. The van der Waals surface area contributed by atoms with Crippen LogP contribution in [0.2, 0.25) is 5.02 Å². The number of carbonyl (C=O) groups is 1. The van der Waals surface area contributed by atoms with Crippen LogP contribution >= 0.6 is 23.4 Å². The summed E-state index contributed by atoms with van der Waals surface area (Å²) in [5, 5.41) is 12.8. The minimum atomic E-state index is -0.230. The van der Waals surface area contributed by atoms with Crippen molar-refractivity contribution in [3.63, 3.8) is 0 Å². The van der Waals surface area contributed by atoms with Gasteiger partial charge in [0.2, 0.25) is 5.91 Å². The predicted molar refractivity (Wildman–Crippen MR) is 106 cm³/mol. The van der Waals surface area contributed by atoms with Crippen LogP contribution in [0.1, 0.15) is 39.5 Å². The molecule has 3 rings (SSSR count). The van der Waals surface area contributed by atoms with E-state index in [4.69, 9.17) is 11.6 Å². The van der Waals surface area contributed by atoms with Gasteiger partial charge in [-0.15, -0.1) is 10.2 Å². The summed E-state index contributed by atoms with van der Waals surface area (Å²) in [5.74, 6) is 1.31. The lowest BCUT2D eigenvalue weighted by molar-refractivity contribution is -0.121. The van der Waals surface area contributed by atoms with Crippen molar-refractivity contribution in [1.82, 2.24) is 20.1 Å². The molecule has 1 aliphatic rings. The highest BCUT2D eigenvalue weighted by Gasteiger charge is 2.26. The molecule has 1 N–H and O–H groups in total. The third kappa shape index (κ3) is 4.23. The first-order valence-electron chi connectivity index (χ1n) is 9.08. The number of amides is 1. The quantitative estimate of drug-likeness (QED) is 0.770. The predicted octanol–water partition coefficient (Wildman–Crippen LogP) is 4.31. The van der Waals surface area contributed by atoms with E-state index in [2.05, 4.69) is 22.4 Å². The van der Waals surface area contributed by atoms with E-state index < -0.39 is 0 Å². The topological polar surface area (TPSA) is 59.8 Å². The average Bonchev–Trinajstić information content (AvgIpc) is 2.98. The second-order valence-electron chi connectivity index (χ2n) is 6.98. The standard InChI is InChI=1S/C19H25ClN4OS/c1-12-8-4-7-11-16(12)21-18(25)13(2)26-19-23-22-17(24(19)3)14-9-5-6-10-15(14)20/h5-6,9-10,12-13,16H,4,7-8,11H2,1-3H3,(H,21,25)/t12-,13-,16-/m1/s1. The molecule has 1 aromatic heterocycles. The van der Waals surface area contributed by atoms with Crippen LogP contribution < -0.4 is 5.32 Å². The van der Waals surface area contributed by atoms with Crippen molar-refractivity contribution in [3.8, 4) is 11.4 Å². The lowest BCUT2D eigenvalue weighted by Crippen LogP contribution is -2.44. The fourth-order valence-corrected chi connectivity index (χ4v) is 4.38. The third-order valence-electron chi connectivity index (χ3n) is 5.04. The normalized spacial score (nSPS) is 21.4. The molecule has 26 heavy (non-hydrogen) atoms. The van der Waals surface area contributed by atoms with Crippen molar-refractivity contribution in [3.05, 3.63) is 29.3 Å². The van der Waals surface area contributed by atoms with Gasteiger partial charge in [-0.25, -0.2) is 0 Å². The van der Waals surface area contributed by atoms with Crippen molar-refractivity contribution in [1.29, 1.82) is 0 Å². The van der Waals surface area contributed by atoms with Crippen LogP contribution in [0.5, 0.6) is 0 Å². The number of aromatic nitrogens is 3. The molecule has 0 saturated heterocycles. The third-order valence-corrected chi connectivity index (χ3v) is 6.50. The van der Waals surface area contributed by atoms with Crippen molar-refractivity contribution >= 4 is 29.3 Å². The first-order valence-corrected chi connectivity index (χ1v) is 10.3. The number of thioether (sulfide) groups is 1. The van der Waals surface area contributed by atoms with E-state index in [1.54, 1.807) is 0 Å². The first-order chi connectivity index (χ1) is 12.5. The molecule has 3 atom stereocenters. The molecule has 140 valence electrons. The van der Waals surface area contributed by atoms with Crippen LogP contribution in [-0.2, 0) is 11.8 Å². The summed E-state index contributed by atoms with van der Waals surface area (Å²) in [4.78, 5) is 12.6. The second kappa shape index (κ2) is 8.44. The van der Waals surface area contributed by atoms with Crippen LogP contribution in [0.15, 0.2) is 29.4 Å². The molecule has 0 unspecified atom stereocenters. The fourth-order valence-electron chi connectivity index (χ4n) is 3.34. The minimum absolute atomic E-state index is 0.0658. The molecule has 2 aromatic rings. The van der Waals surface area contributed by atoms with Crippen LogP contribution in [-0.4, -0.2) is 32.0 Å². The summed E-state index contributed by atoms with van der Waals surface area (Å²) in [6, 6.07) is 7.85. The zero-order valence-corrected chi connectivity index (χ0v) is 17.0. The van der Waals surface area contributed by atoms with Crippen molar-refractivity contribution in [2.75, 3.05) is 0 Å². The zero-order chi connectivity index (χ0) is 18.7. The Balaban J connectivity index is 1.67. The highest BCUT2D eigenvalue weighted by Crippen LogP contribution is 2.30. The van der Waals surface area contributed by atoms with E-state index in [-0.39, 0.29) is 17.2 Å². The number of hydrogen-bond acceptors (Lipinski definition) is 4. The number of nitrogens with zero attached hydrogens (tertiary/aromatic N) is 3. The van der Waals surface area contributed by atoms with E-state index in [9.17, 15) is 4.79 Å². The van der Waals surface area contributed by atoms with Gasteiger partial charge >= 0.3 is 0 Å². The summed E-state index contributed by atoms with van der Waals surface area (Å²) in [6.07, 6.45) is 4.73. The zero-order valence-electron chi connectivity index (χ0n) is 15.4. The van der Waals surface area contributed by atoms with Gasteiger partial charge in [0.15, 0.2) is 11.0 Å². The molecule has 1 amide bonds. The summed E-state index contributed by atoms with van der Waals surface area (Å²) >= 11 is 7.69. The molecule has 1 aromatic carbocycles. The maximum atomic E-state index is 12.6. The van der Waals surface area contributed by atoms with E-state index >= 15 is 0 Å². The van der Waals surface area contributed by atoms with Crippen LogP contribution in [0, 0.1) is 5.92 Å². The Bertz CT molecular complexity index is 779. The SMILES string of the molecule is C[C@@H]1CCCC[C@H]1NC(=O)[C@@H](C)Sc1nnc(-c2ccccc2Cl)n1C. The molecule has 0 spiro atoms. The van der Waals surface area contributed by atoms with E-state index in [1.807, 2.05) is 42.8 Å². The molecule has 1 heterocycles. The fraction of sp³-hybridized carbons (Fsp3) is 0.526. The Morgan fingerprint density at radius 3 is 2.77 bits per heavy atom. The molecular weight excluding hydrogens is 368 g/mol. The number of hydrogen-bond donors (Lipinski definition) is 1. The molecule has 5 nitrogen and oxygen atoms in total. The van der Waals surface area contributed by atoms with Crippen LogP contribution in [0.25, 0.3) is 11.4 Å². The second-order valence-corrected chi connectivity index (χ2v) is 8.70. The molecule has 1 aliphatic carbocycles. The molecule has 0 radical (unpaired) electrons. The Morgan fingerprint density at radius 2 is 2.04 bits per heavy atom. The van der Waals surface area contributed by atoms with Crippen LogP contribution in [0.4, 0.5) is 0 Å². The van der Waals surface area contributed by atoms with Gasteiger partial charge in [-0.1, -0.05) is 55.3 Å². The summed E-state index contributed by atoms with van der Waals surface area (Å²) in [6.45, 7) is 4.14. The lowest BCUT2D eigenvalue weighted by Gasteiger charge is -2.30. The highest BCUT2D eigenvalue weighted by molar-refractivity contribution is 8.00. The molecule has 7 heteroatoms. The van der Waals surface area contributed by atoms with Gasteiger partial charge in [-0.2, -0.15) is 0 Å². The molecule has 1 saturated carbocycles. The Morgan fingerprint density at radius 1 is 1.31 bits per heavy atom. The summed E-state index contributed by atoms with van der Waals surface area (Å²) in [7, 11) is 1.90. The number of benzene rings is 1. The van der Waals surface area contributed by atoms with E-state index in [0.717, 1.165) is 12.0 Å². The van der Waals surface area contributed by atoms with Gasteiger partial charge in [-0.05, 0) is 37.8 Å². The van der Waals surface area contributed by atoms with Crippen molar-refractivity contribution in [2.45, 2.75) is 56.0 Å². The number of rotatable bonds is 5. The molecule has 0 bridgehead atoms. The Kier molecular flexibility index (Phi) is 6.24. The number of halogens is 1. The maximum Gasteiger partial charge on any atom is 0.233 e. The highest BCUT2D eigenvalue weighted by atomic mass is 35.5. The van der Waals surface area contributed by atoms with E-state index in [0.29, 0.717) is 21.9 Å². The van der Waals surface area contributed by atoms with Gasteiger partial charge in [0.1, 0.15) is 0 Å². The van der Waals surface area contributed by atoms with Gasteiger partial charge < -0.3 is 9.88 Å². The smallest absolute Gasteiger partial charge is 0.233 e. The first kappa shape index (κ1) is 19.2. The van der Waals surface area contributed by atoms with Crippen LogP contribution in [0.3, 0.4) is 0 Å². The molecule has 0 aliphatic heterocycles. The molecular formula is C19H25ClN4OS. The number of carbonyl (C=O) groups excluding carboxylic acids is 1. The van der Waals surface area contributed by atoms with Gasteiger partial charge in [0.25, 0.3) is 0 Å². The van der Waals surface area contributed by atoms with Crippen molar-refractivity contribution in [2.24, 2.45) is 13.0 Å². The molecule has 1 fully saturated rings. The lowest BCUT2D eigenvalue weighted by atomic mass is 9.86. The minimum Gasteiger partial charge on any atom is -0.352 e. The van der Waals surface area contributed by atoms with Gasteiger partial charge in [0, 0.05) is 18.7 Å². The Hall–Kier alpha value is -1.53. The maximum absolute atomic E-state index is 12.6. The van der Waals surface area contributed by atoms with E-state index in [1.165, 1.54) is 31.0 Å². The number of nitrogens with one attached hydrogen (secondary N) is 1. The van der Waals surface area contributed by atoms with Crippen molar-refractivity contribution < 1.29 is 4.79 Å². The largest absolute Gasteiger partial charge is 0.352 e. The average molecular weight is 393 g/mol. The summed E-state index contributed by atoms with van der Waals surface area (Å²) in [5.41, 5.74) is 0.837.